The van der Waals surface area contributed by atoms with E-state index in [1.807, 2.05) is 43.3 Å². The lowest BCUT2D eigenvalue weighted by Gasteiger charge is -2.19. The minimum absolute atomic E-state index is 0.114. The van der Waals surface area contributed by atoms with Gasteiger partial charge in [-0.2, -0.15) is 0 Å². The third-order valence-electron chi connectivity index (χ3n) is 4.40. The fourth-order valence-electron chi connectivity index (χ4n) is 2.84. The quantitative estimate of drug-likeness (QED) is 0.748. The number of nitrogens with one attached hydrogen (secondary N) is 2. The zero-order chi connectivity index (χ0) is 18.4. The van der Waals surface area contributed by atoms with Crippen molar-refractivity contribution in [3.8, 4) is 11.5 Å². The van der Waals surface area contributed by atoms with Gasteiger partial charge in [-0.25, -0.2) is 4.79 Å². The molecule has 0 radical (unpaired) electrons. The fraction of sp³-hybridized carbons (Fsp3) is 0.350. The second-order valence-electron chi connectivity index (χ2n) is 6.35. The highest BCUT2D eigenvalue weighted by Gasteiger charge is 2.16. The molecular weight excluding hydrogens is 330 g/mol. The first-order chi connectivity index (χ1) is 12.6. The van der Waals surface area contributed by atoms with Crippen LogP contribution in [0.3, 0.4) is 0 Å². The van der Waals surface area contributed by atoms with E-state index < -0.39 is 0 Å². The maximum absolute atomic E-state index is 12.1. The molecule has 0 aliphatic carbocycles. The number of hydrogen-bond acceptors (Lipinski definition) is 4. The fourth-order valence-corrected chi connectivity index (χ4v) is 2.84. The van der Waals surface area contributed by atoms with E-state index in [9.17, 15) is 4.79 Å². The summed E-state index contributed by atoms with van der Waals surface area (Å²) < 4.78 is 10.7. The zero-order valence-electron chi connectivity index (χ0n) is 15.2. The Morgan fingerprint density at radius 1 is 1.15 bits per heavy atom. The van der Waals surface area contributed by atoms with Gasteiger partial charge < -0.3 is 25.0 Å². The van der Waals surface area contributed by atoms with Crippen LogP contribution in [0.1, 0.15) is 24.9 Å². The molecule has 6 heteroatoms. The summed E-state index contributed by atoms with van der Waals surface area (Å²) in [6.45, 7) is 3.69. The van der Waals surface area contributed by atoms with Crippen LogP contribution in [-0.4, -0.2) is 33.0 Å². The molecule has 1 aliphatic heterocycles. The van der Waals surface area contributed by atoms with Crippen LogP contribution >= 0.6 is 0 Å². The predicted molar refractivity (Wildman–Crippen MR) is 102 cm³/mol. The normalized spacial score (nSPS) is 13.2. The first kappa shape index (κ1) is 17.9. The van der Waals surface area contributed by atoms with Crippen LogP contribution in [0, 0.1) is 0 Å². The molecule has 2 N–H and O–H groups in total. The van der Waals surface area contributed by atoms with Crippen molar-refractivity contribution in [1.82, 2.24) is 10.6 Å². The number of hydrogen-bond donors (Lipinski definition) is 2. The molecule has 2 aromatic rings. The van der Waals surface area contributed by atoms with Crippen molar-refractivity contribution < 1.29 is 14.3 Å². The van der Waals surface area contributed by atoms with Crippen molar-refractivity contribution in [2.45, 2.75) is 19.4 Å². The third kappa shape index (κ3) is 4.59. The molecule has 0 aromatic heterocycles. The van der Waals surface area contributed by atoms with Crippen LogP contribution in [0.25, 0.3) is 0 Å². The number of amides is 2. The van der Waals surface area contributed by atoms with Gasteiger partial charge in [-0.05, 0) is 43.2 Å². The number of ether oxygens (including phenoxy) is 2. The van der Waals surface area contributed by atoms with Gasteiger partial charge in [-0.15, -0.1) is 0 Å². The predicted octanol–water partition coefficient (Wildman–Crippen LogP) is 3.30. The van der Waals surface area contributed by atoms with Gasteiger partial charge in [0.2, 0.25) is 6.79 Å². The molecule has 2 amide bonds. The minimum Gasteiger partial charge on any atom is -0.454 e. The molecule has 0 fully saturated rings. The monoisotopic (exact) mass is 355 g/mol. The molecule has 0 saturated heterocycles. The number of fused-ring (bicyclic) bond motifs is 1. The summed E-state index contributed by atoms with van der Waals surface area (Å²) in [5.74, 6) is 1.47. The van der Waals surface area contributed by atoms with E-state index in [1.54, 1.807) is 0 Å². The van der Waals surface area contributed by atoms with Gasteiger partial charge in [0.25, 0.3) is 0 Å². The lowest BCUT2D eigenvalue weighted by molar-refractivity contribution is 0.174. The Kier molecular flexibility index (Phi) is 5.84. The Labute approximate surface area is 154 Å². The Morgan fingerprint density at radius 2 is 1.92 bits per heavy atom. The smallest absolute Gasteiger partial charge is 0.315 e. The van der Waals surface area contributed by atoms with Crippen LogP contribution < -0.4 is 25.0 Å². The first-order valence-corrected chi connectivity index (χ1v) is 8.83. The molecule has 26 heavy (non-hydrogen) atoms. The molecule has 1 heterocycles. The minimum atomic E-state index is -0.169. The summed E-state index contributed by atoms with van der Waals surface area (Å²) >= 11 is 0. The maximum Gasteiger partial charge on any atom is 0.315 e. The lowest BCUT2D eigenvalue weighted by Crippen LogP contribution is -2.38. The number of carbonyl (C=O) groups is 1. The number of benzene rings is 2. The van der Waals surface area contributed by atoms with Gasteiger partial charge in [-0.3, -0.25) is 0 Å². The molecule has 3 rings (SSSR count). The van der Waals surface area contributed by atoms with Crippen molar-refractivity contribution in [3.63, 3.8) is 0 Å². The van der Waals surface area contributed by atoms with Gasteiger partial charge in [0.05, 0.1) is 6.04 Å². The van der Waals surface area contributed by atoms with Gasteiger partial charge in [-0.1, -0.05) is 24.3 Å². The summed E-state index contributed by atoms with van der Waals surface area (Å²) in [5.41, 5.74) is 2.15. The number of rotatable bonds is 7. The number of para-hydroxylation sites is 1. The molecule has 0 saturated carbocycles. The first-order valence-electron chi connectivity index (χ1n) is 8.83. The van der Waals surface area contributed by atoms with Gasteiger partial charge in [0, 0.05) is 25.8 Å². The SMILES string of the molecule is C[C@@H](NC(=O)NCCCN(C)c1ccccc1)c1ccc2c(c1)OCO2. The molecule has 0 spiro atoms. The summed E-state index contributed by atoms with van der Waals surface area (Å²) in [4.78, 5) is 14.3. The summed E-state index contributed by atoms with van der Waals surface area (Å²) in [6.07, 6.45) is 0.872. The number of nitrogens with zero attached hydrogens (tertiary/aromatic N) is 1. The van der Waals surface area contributed by atoms with E-state index in [2.05, 4.69) is 34.7 Å². The van der Waals surface area contributed by atoms with Crippen LogP contribution in [0.4, 0.5) is 10.5 Å². The van der Waals surface area contributed by atoms with Crippen LogP contribution in [0.5, 0.6) is 11.5 Å². The van der Waals surface area contributed by atoms with Gasteiger partial charge >= 0.3 is 6.03 Å². The lowest BCUT2D eigenvalue weighted by atomic mass is 10.1. The molecule has 2 aromatic carbocycles. The Balaban J connectivity index is 1.38. The Morgan fingerprint density at radius 3 is 2.73 bits per heavy atom. The van der Waals surface area contributed by atoms with Crippen LogP contribution in [0.2, 0.25) is 0 Å². The van der Waals surface area contributed by atoms with Gasteiger partial charge in [0.15, 0.2) is 11.5 Å². The van der Waals surface area contributed by atoms with Crippen molar-refractivity contribution >= 4 is 11.7 Å². The van der Waals surface area contributed by atoms with Crippen molar-refractivity contribution in [2.75, 3.05) is 31.8 Å². The second kappa shape index (κ2) is 8.47. The third-order valence-corrected chi connectivity index (χ3v) is 4.40. The average Bonchev–Trinajstić information content (AvgIpc) is 3.13. The van der Waals surface area contributed by atoms with E-state index in [-0.39, 0.29) is 18.9 Å². The highest BCUT2D eigenvalue weighted by Crippen LogP contribution is 2.34. The molecular formula is C20H25N3O3. The van der Waals surface area contributed by atoms with Gasteiger partial charge in [0.1, 0.15) is 0 Å². The van der Waals surface area contributed by atoms with Crippen LogP contribution in [-0.2, 0) is 0 Å². The topological polar surface area (TPSA) is 62.8 Å². The highest BCUT2D eigenvalue weighted by molar-refractivity contribution is 5.74. The molecule has 0 unspecified atom stereocenters. The number of urea groups is 1. The highest BCUT2D eigenvalue weighted by atomic mass is 16.7. The van der Waals surface area contributed by atoms with E-state index in [4.69, 9.17) is 9.47 Å². The van der Waals surface area contributed by atoms with Crippen molar-refractivity contribution in [3.05, 3.63) is 54.1 Å². The number of anilines is 1. The second-order valence-corrected chi connectivity index (χ2v) is 6.35. The van der Waals surface area contributed by atoms with Crippen LogP contribution in [0.15, 0.2) is 48.5 Å². The molecule has 1 atom stereocenters. The van der Waals surface area contributed by atoms with E-state index in [0.717, 1.165) is 30.0 Å². The summed E-state index contributed by atoms with van der Waals surface area (Å²) in [6, 6.07) is 15.6. The Hall–Kier alpha value is -2.89. The molecule has 0 bridgehead atoms. The number of carbonyl (C=O) groups excluding carboxylic acids is 1. The molecule has 138 valence electrons. The zero-order valence-corrected chi connectivity index (χ0v) is 15.2. The summed E-state index contributed by atoms with van der Waals surface area (Å²) in [5, 5.41) is 5.86. The largest absolute Gasteiger partial charge is 0.454 e. The van der Waals surface area contributed by atoms with Crippen molar-refractivity contribution in [2.24, 2.45) is 0 Å². The summed E-state index contributed by atoms with van der Waals surface area (Å²) in [7, 11) is 2.05. The standard InChI is InChI=1S/C20H25N3O3/c1-15(16-9-10-18-19(13-16)26-14-25-18)22-20(24)21-11-6-12-23(2)17-7-4-3-5-8-17/h3-5,7-10,13,15H,6,11-12,14H2,1-2H3,(H2,21,22,24)/t15-/m1/s1. The van der Waals surface area contributed by atoms with E-state index in [0.29, 0.717) is 6.54 Å². The average molecular weight is 355 g/mol. The van der Waals surface area contributed by atoms with Crippen molar-refractivity contribution in [1.29, 1.82) is 0 Å². The molecule has 6 nitrogen and oxygen atoms in total. The Bertz CT molecular complexity index is 736. The molecule has 1 aliphatic rings. The van der Waals surface area contributed by atoms with E-state index >= 15 is 0 Å². The van der Waals surface area contributed by atoms with E-state index in [1.165, 1.54) is 5.69 Å². The maximum atomic E-state index is 12.1.